The van der Waals surface area contributed by atoms with E-state index >= 15 is 0 Å². The van der Waals surface area contributed by atoms with Gasteiger partial charge in [-0.25, -0.2) is 0 Å². The van der Waals surface area contributed by atoms with E-state index in [4.69, 9.17) is 5.73 Å². The lowest BCUT2D eigenvalue weighted by atomic mass is 9.82. The fourth-order valence-electron chi connectivity index (χ4n) is 1.91. The van der Waals surface area contributed by atoms with E-state index in [0.29, 0.717) is 17.7 Å². The van der Waals surface area contributed by atoms with Gasteiger partial charge >= 0.3 is 0 Å². The Kier molecular flexibility index (Phi) is 3.91. The number of nitrogens with two attached hydrogens (primary N) is 1. The first-order valence-corrected chi connectivity index (χ1v) is 5.38. The Labute approximate surface area is 80.9 Å². The first-order valence-electron chi connectivity index (χ1n) is 5.38. The average Bonchev–Trinajstić information content (AvgIpc) is 2.08. The van der Waals surface area contributed by atoms with E-state index in [1.54, 1.807) is 0 Å². The molecule has 1 saturated carbocycles. The molecule has 0 aromatic heterocycles. The molecule has 1 aliphatic carbocycles. The molecule has 0 heterocycles. The molecule has 0 radical (unpaired) electrons. The van der Waals surface area contributed by atoms with Crippen LogP contribution in [-0.4, -0.2) is 11.8 Å². The van der Waals surface area contributed by atoms with E-state index in [-0.39, 0.29) is 5.92 Å². The second kappa shape index (κ2) is 4.75. The van der Waals surface area contributed by atoms with Gasteiger partial charge in [-0.3, -0.25) is 4.79 Å². The Morgan fingerprint density at radius 2 is 1.85 bits per heavy atom. The van der Waals surface area contributed by atoms with E-state index in [2.05, 4.69) is 0 Å². The Morgan fingerprint density at radius 3 is 2.31 bits per heavy atom. The van der Waals surface area contributed by atoms with Gasteiger partial charge in [0.25, 0.3) is 0 Å². The zero-order chi connectivity index (χ0) is 9.84. The van der Waals surface area contributed by atoms with Crippen LogP contribution < -0.4 is 5.73 Å². The smallest absolute Gasteiger partial charge is 0.135 e. The van der Waals surface area contributed by atoms with Crippen LogP contribution in [0.3, 0.4) is 0 Å². The molecule has 1 rings (SSSR count). The summed E-state index contributed by atoms with van der Waals surface area (Å²) in [5, 5.41) is 0. The molecule has 0 saturated heterocycles. The van der Waals surface area contributed by atoms with Crippen molar-refractivity contribution < 1.29 is 4.79 Å². The monoisotopic (exact) mass is 183 g/mol. The molecule has 1 fully saturated rings. The minimum Gasteiger partial charge on any atom is -0.328 e. The third-order valence-electron chi connectivity index (χ3n) is 3.03. The maximum atomic E-state index is 11.5. The molecule has 0 aromatic rings. The van der Waals surface area contributed by atoms with E-state index < -0.39 is 0 Å². The Bertz CT molecular complexity index is 169. The van der Waals surface area contributed by atoms with Crippen LogP contribution in [0.1, 0.15) is 46.0 Å². The first-order chi connectivity index (χ1) is 6.09. The van der Waals surface area contributed by atoms with Crippen molar-refractivity contribution in [3.05, 3.63) is 0 Å². The minimum atomic E-state index is 0.204. The molecule has 0 aliphatic heterocycles. The van der Waals surface area contributed by atoms with Gasteiger partial charge in [0.15, 0.2) is 0 Å². The number of hydrogen-bond donors (Lipinski definition) is 1. The molecule has 0 unspecified atom stereocenters. The van der Waals surface area contributed by atoms with Gasteiger partial charge in [0.05, 0.1) is 0 Å². The Hall–Kier alpha value is -0.370. The van der Waals surface area contributed by atoms with Gasteiger partial charge in [-0.1, -0.05) is 13.8 Å². The summed E-state index contributed by atoms with van der Waals surface area (Å²) in [4.78, 5) is 11.5. The van der Waals surface area contributed by atoms with E-state index in [9.17, 15) is 4.79 Å². The number of carbonyl (C=O) groups is 1. The molecule has 0 aromatic carbocycles. The highest BCUT2D eigenvalue weighted by molar-refractivity contribution is 5.80. The summed E-state index contributed by atoms with van der Waals surface area (Å²) in [5.41, 5.74) is 5.80. The SMILES string of the molecule is CC(C)C(=O)CC1CCC(N)CC1. The molecule has 0 amide bonds. The molecule has 2 nitrogen and oxygen atoms in total. The predicted octanol–water partition coefficient (Wildman–Crippen LogP) is 2.12. The largest absolute Gasteiger partial charge is 0.328 e. The van der Waals surface area contributed by atoms with Crippen molar-refractivity contribution in [2.45, 2.75) is 52.0 Å². The third-order valence-corrected chi connectivity index (χ3v) is 3.03. The lowest BCUT2D eigenvalue weighted by Gasteiger charge is -2.25. The highest BCUT2D eigenvalue weighted by Gasteiger charge is 2.21. The summed E-state index contributed by atoms with van der Waals surface area (Å²) in [7, 11) is 0. The maximum Gasteiger partial charge on any atom is 0.135 e. The molecule has 76 valence electrons. The summed E-state index contributed by atoms with van der Waals surface area (Å²) in [6.45, 7) is 3.97. The fraction of sp³-hybridized carbons (Fsp3) is 0.909. The van der Waals surface area contributed by atoms with Crippen molar-refractivity contribution in [3.8, 4) is 0 Å². The normalized spacial score (nSPS) is 29.2. The van der Waals surface area contributed by atoms with Crippen LogP contribution in [-0.2, 0) is 4.79 Å². The van der Waals surface area contributed by atoms with Crippen LogP contribution in [0.2, 0.25) is 0 Å². The van der Waals surface area contributed by atoms with E-state index in [1.807, 2.05) is 13.8 Å². The van der Waals surface area contributed by atoms with Gasteiger partial charge in [0.1, 0.15) is 5.78 Å². The topological polar surface area (TPSA) is 43.1 Å². The van der Waals surface area contributed by atoms with Crippen LogP contribution in [0, 0.1) is 11.8 Å². The van der Waals surface area contributed by atoms with Crippen molar-refractivity contribution >= 4 is 5.78 Å². The summed E-state index contributed by atoms with van der Waals surface area (Å²) < 4.78 is 0. The molecular weight excluding hydrogens is 162 g/mol. The Balaban J connectivity index is 2.26. The summed E-state index contributed by atoms with van der Waals surface area (Å²) in [6, 6.07) is 0.394. The number of rotatable bonds is 3. The summed E-state index contributed by atoms with van der Waals surface area (Å²) in [5.74, 6) is 1.24. The van der Waals surface area contributed by atoms with Crippen LogP contribution in [0.25, 0.3) is 0 Å². The molecule has 0 spiro atoms. The number of carbonyl (C=O) groups excluding carboxylic acids is 1. The van der Waals surface area contributed by atoms with Gasteiger partial charge in [-0.05, 0) is 31.6 Å². The lowest BCUT2D eigenvalue weighted by molar-refractivity contribution is -0.123. The second-order valence-corrected chi connectivity index (χ2v) is 4.61. The molecule has 0 atom stereocenters. The quantitative estimate of drug-likeness (QED) is 0.728. The molecular formula is C11H21NO. The van der Waals surface area contributed by atoms with Crippen molar-refractivity contribution in [3.63, 3.8) is 0 Å². The standard InChI is InChI=1S/C11H21NO/c1-8(2)11(13)7-9-3-5-10(12)6-4-9/h8-10H,3-7,12H2,1-2H3. The summed E-state index contributed by atoms with van der Waals surface area (Å²) >= 11 is 0. The van der Waals surface area contributed by atoms with Crippen LogP contribution in [0.5, 0.6) is 0 Å². The maximum absolute atomic E-state index is 11.5. The highest BCUT2D eigenvalue weighted by Crippen LogP contribution is 2.26. The van der Waals surface area contributed by atoms with E-state index in [0.717, 1.165) is 32.1 Å². The van der Waals surface area contributed by atoms with Gasteiger partial charge in [0, 0.05) is 18.4 Å². The highest BCUT2D eigenvalue weighted by atomic mass is 16.1. The van der Waals surface area contributed by atoms with Crippen LogP contribution >= 0.6 is 0 Å². The fourth-order valence-corrected chi connectivity index (χ4v) is 1.91. The zero-order valence-electron chi connectivity index (χ0n) is 8.75. The van der Waals surface area contributed by atoms with Crippen molar-refractivity contribution in [1.82, 2.24) is 0 Å². The lowest BCUT2D eigenvalue weighted by Crippen LogP contribution is -2.27. The van der Waals surface area contributed by atoms with E-state index in [1.165, 1.54) is 0 Å². The molecule has 13 heavy (non-hydrogen) atoms. The third kappa shape index (κ3) is 3.47. The van der Waals surface area contributed by atoms with Gasteiger partial charge in [0.2, 0.25) is 0 Å². The number of hydrogen-bond acceptors (Lipinski definition) is 2. The molecule has 2 heteroatoms. The summed E-state index contributed by atoms with van der Waals surface area (Å²) in [6.07, 6.45) is 5.30. The second-order valence-electron chi connectivity index (χ2n) is 4.61. The molecule has 0 bridgehead atoms. The van der Waals surface area contributed by atoms with Crippen molar-refractivity contribution in [2.24, 2.45) is 17.6 Å². The predicted molar refractivity (Wildman–Crippen MR) is 54.4 cm³/mol. The molecule has 1 aliphatic rings. The van der Waals surface area contributed by atoms with Crippen molar-refractivity contribution in [2.75, 3.05) is 0 Å². The molecule has 2 N–H and O–H groups in total. The Morgan fingerprint density at radius 1 is 1.31 bits per heavy atom. The van der Waals surface area contributed by atoms with Gasteiger partial charge in [-0.2, -0.15) is 0 Å². The zero-order valence-corrected chi connectivity index (χ0v) is 8.75. The minimum absolute atomic E-state index is 0.204. The number of Topliss-reactive ketones (excluding diaryl/α,β-unsaturated/α-hetero) is 1. The number of ketones is 1. The van der Waals surface area contributed by atoms with Gasteiger partial charge in [-0.15, -0.1) is 0 Å². The van der Waals surface area contributed by atoms with Crippen LogP contribution in [0.15, 0.2) is 0 Å². The van der Waals surface area contributed by atoms with Gasteiger partial charge < -0.3 is 5.73 Å². The van der Waals surface area contributed by atoms with Crippen molar-refractivity contribution in [1.29, 1.82) is 0 Å². The average molecular weight is 183 g/mol. The first kappa shape index (κ1) is 10.7. The van der Waals surface area contributed by atoms with Crippen LogP contribution in [0.4, 0.5) is 0 Å².